The van der Waals surface area contributed by atoms with Crippen molar-refractivity contribution < 1.29 is 19.5 Å². The summed E-state index contributed by atoms with van der Waals surface area (Å²) >= 11 is 1.35. The fourth-order valence-electron chi connectivity index (χ4n) is 1.17. The third-order valence-electron chi connectivity index (χ3n) is 2.24. The fraction of sp³-hybridized carbons (Fsp3) is 0.364. The number of hydrogen-bond donors (Lipinski definition) is 3. The van der Waals surface area contributed by atoms with Crippen LogP contribution in [-0.2, 0) is 9.59 Å². The number of aryl methyl sites for hydroxylation is 2. The number of nitrogens with one attached hydrogen (secondary N) is 2. The van der Waals surface area contributed by atoms with Crippen LogP contribution in [0.1, 0.15) is 20.1 Å². The molecule has 18 heavy (non-hydrogen) atoms. The van der Waals surface area contributed by atoms with Gasteiger partial charge in [0.2, 0.25) is 5.91 Å². The third-order valence-corrected chi connectivity index (χ3v) is 3.39. The van der Waals surface area contributed by atoms with E-state index in [9.17, 15) is 14.4 Å². The zero-order chi connectivity index (χ0) is 13.7. The Kier molecular flexibility index (Phi) is 4.85. The quantitative estimate of drug-likeness (QED) is 0.717. The van der Waals surface area contributed by atoms with Crippen LogP contribution >= 0.6 is 11.3 Å². The predicted octanol–water partition coefficient (Wildman–Crippen LogP) is 0.296. The molecule has 1 rings (SSSR count). The van der Waals surface area contributed by atoms with E-state index in [4.69, 9.17) is 5.11 Å². The monoisotopic (exact) mass is 270 g/mol. The van der Waals surface area contributed by atoms with Crippen LogP contribution in [0, 0.1) is 13.8 Å². The zero-order valence-electron chi connectivity index (χ0n) is 10.1. The highest BCUT2D eigenvalue weighted by molar-refractivity contribution is 7.14. The van der Waals surface area contributed by atoms with E-state index in [1.165, 1.54) is 11.3 Å². The van der Waals surface area contributed by atoms with E-state index in [1.54, 1.807) is 6.07 Å². The molecule has 3 N–H and O–H groups in total. The summed E-state index contributed by atoms with van der Waals surface area (Å²) < 4.78 is 0. The minimum atomic E-state index is -1.13. The van der Waals surface area contributed by atoms with Crippen molar-refractivity contribution >= 4 is 29.1 Å². The third kappa shape index (κ3) is 4.17. The molecule has 0 saturated heterocycles. The molecular weight excluding hydrogens is 256 g/mol. The van der Waals surface area contributed by atoms with Crippen LogP contribution in [0.5, 0.6) is 0 Å². The Morgan fingerprint density at radius 2 is 1.89 bits per heavy atom. The van der Waals surface area contributed by atoms with E-state index in [2.05, 4.69) is 10.6 Å². The normalized spacial score (nSPS) is 9.89. The molecule has 98 valence electrons. The average Bonchev–Trinajstić information content (AvgIpc) is 2.64. The molecule has 0 aromatic carbocycles. The first kappa shape index (κ1) is 14.2. The summed E-state index contributed by atoms with van der Waals surface area (Å²) in [7, 11) is 0. The Morgan fingerprint density at radius 3 is 2.39 bits per heavy atom. The highest BCUT2D eigenvalue weighted by Crippen LogP contribution is 2.20. The SMILES string of the molecule is Cc1cc(C(=O)NCC(=O)NCC(=O)O)sc1C. The number of carbonyl (C=O) groups excluding carboxylic acids is 2. The van der Waals surface area contributed by atoms with Crippen molar-refractivity contribution in [2.45, 2.75) is 13.8 Å². The largest absolute Gasteiger partial charge is 0.480 e. The van der Waals surface area contributed by atoms with Crippen LogP contribution in [-0.4, -0.2) is 36.0 Å². The second kappa shape index (κ2) is 6.15. The number of carbonyl (C=O) groups is 3. The van der Waals surface area contributed by atoms with Crippen molar-refractivity contribution in [1.82, 2.24) is 10.6 Å². The smallest absolute Gasteiger partial charge is 0.322 e. The van der Waals surface area contributed by atoms with Gasteiger partial charge in [0.1, 0.15) is 6.54 Å². The Balaban J connectivity index is 2.41. The van der Waals surface area contributed by atoms with Gasteiger partial charge in [-0.2, -0.15) is 0 Å². The molecular formula is C11H14N2O4S. The molecule has 2 amide bonds. The van der Waals surface area contributed by atoms with Gasteiger partial charge in [0.05, 0.1) is 11.4 Å². The maximum Gasteiger partial charge on any atom is 0.322 e. The van der Waals surface area contributed by atoms with Crippen LogP contribution in [0.2, 0.25) is 0 Å². The van der Waals surface area contributed by atoms with Crippen LogP contribution in [0.15, 0.2) is 6.07 Å². The molecule has 1 heterocycles. The number of rotatable bonds is 5. The van der Waals surface area contributed by atoms with E-state index in [1.807, 2.05) is 13.8 Å². The van der Waals surface area contributed by atoms with Gasteiger partial charge in [-0.15, -0.1) is 11.3 Å². The molecule has 0 bridgehead atoms. The minimum Gasteiger partial charge on any atom is -0.480 e. The number of carboxylic acids is 1. The predicted molar refractivity (Wildman–Crippen MR) is 66.8 cm³/mol. The van der Waals surface area contributed by atoms with Crippen LogP contribution < -0.4 is 10.6 Å². The molecule has 0 aliphatic rings. The van der Waals surface area contributed by atoms with Gasteiger partial charge < -0.3 is 15.7 Å². The highest BCUT2D eigenvalue weighted by Gasteiger charge is 2.11. The topological polar surface area (TPSA) is 95.5 Å². The molecule has 1 aromatic rings. The Labute approximate surface area is 108 Å². The molecule has 0 atom stereocenters. The Bertz CT molecular complexity index is 462. The summed E-state index contributed by atoms with van der Waals surface area (Å²) in [6.07, 6.45) is 0. The molecule has 0 aliphatic heterocycles. The molecule has 7 heteroatoms. The molecule has 1 aromatic heterocycles. The van der Waals surface area contributed by atoms with Crippen LogP contribution in [0.4, 0.5) is 0 Å². The van der Waals surface area contributed by atoms with Crippen LogP contribution in [0.25, 0.3) is 0 Å². The fourth-order valence-corrected chi connectivity index (χ4v) is 2.12. The minimum absolute atomic E-state index is 0.234. The lowest BCUT2D eigenvalue weighted by Crippen LogP contribution is -2.38. The molecule has 0 aliphatic carbocycles. The van der Waals surface area contributed by atoms with Gasteiger partial charge in [0, 0.05) is 4.88 Å². The summed E-state index contributed by atoms with van der Waals surface area (Å²) in [6, 6.07) is 1.75. The van der Waals surface area contributed by atoms with Crippen molar-refractivity contribution in [2.75, 3.05) is 13.1 Å². The van der Waals surface area contributed by atoms with E-state index < -0.39 is 18.4 Å². The van der Waals surface area contributed by atoms with Crippen LogP contribution in [0.3, 0.4) is 0 Å². The lowest BCUT2D eigenvalue weighted by atomic mass is 10.3. The standard InChI is InChI=1S/C11H14N2O4S/c1-6-3-8(18-7(6)2)11(17)13-4-9(14)12-5-10(15)16/h3H,4-5H2,1-2H3,(H,12,14)(H,13,17)(H,15,16). The van der Waals surface area contributed by atoms with Gasteiger partial charge in [-0.3, -0.25) is 14.4 Å². The van der Waals surface area contributed by atoms with Crippen molar-refractivity contribution in [2.24, 2.45) is 0 Å². The van der Waals surface area contributed by atoms with Crippen molar-refractivity contribution in [1.29, 1.82) is 0 Å². The average molecular weight is 270 g/mol. The lowest BCUT2D eigenvalue weighted by molar-refractivity contribution is -0.137. The van der Waals surface area contributed by atoms with Gasteiger partial charge in [-0.1, -0.05) is 0 Å². The summed E-state index contributed by atoms with van der Waals surface area (Å²) in [6.45, 7) is 3.13. The number of thiophene rings is 1. The van der Waals surface area contributed by atoms with Gasteiger partial charge in [-0.25, -0.2) is 0 Å². The van der Waals surface area contributed by atoms with Gasteiger partial charge in [0.25, 0.3) is 5.91 Å². The molecule has 0 spiro atoms. The molecule has 0 saturated carbocycles. The zero-order valence-corrected chi connectivity index (χ0v) is 10.9. The molecule has 0 unspecified atom stereocenters. The highest BCUT2D eigenvalue weighted by atomic mass is 32.1. The summed E-state index contributed by atoms with van der Waals surface area (Å²) in [5, 5.41) is 12.9. The van der Waals surface area contributed by atoms with E-state index in [0.29, 0.717) is 4.88 Å². The van der Waals surface area contributed by atoms with Crippen molar-refractivity contribution in [3.63, 3.8) is 0 Å². The Morgan fingerprint density at radius 1 is 1.22 bits per heavy atom. The number of carboxylic acid groups (broad SMARTS) is 1. The summed E-state index contributed by atoms with van der Waals surface area (Å²) in [5.41, 5.74) is 1.03. The number of hydrogen-bond acceptors (Lipinski definition) is 4. The Hall–Kier alpha value is -1.89. The van der Waals surface area contributed by atoms with E-state index in [-0.39, 0.29) is 12.5 Å². The maximum absolute atomic E-state index is 11.7. The molecule has 0 radical (unpaired) electrons. The second-order valence-corrected chi connectivity index (χ2v) is 4.96. The van der Waals surface area contributed by atoms with E-state index in [0.717, 1.165) is 10.4 Å². The first-order chi connectivity index (χ1) is 8.40. The lowest BCUT2D eigenvalue weighted by Gasteiger charge is -2.03. The first-order valence-corrected chi connectivity index (χ1v) is 6.05. The van der Waals surface area contributed by atoms with Crippen molar-refractivity contribution in [3.05, 3.63) is 21.4 Å². The summed E-state index contributed by atoms with van der Waals surface area (Å²) in [4.78, 5) is 34.6. The number of aliphatic carboxylic acids is 1. The second-order valence-electron chi connectivity index (χ2n) is 3.70. The molecule has 6 nitrogen and oxygen atoms in total. The maximum atomic E-state index is 11.7. The van der Waals surface area contributed by atoms with Crippen molar-refractivity contribution in [3.8, 4) is 0 Å². The van der Waals surface area contributed by atoms with Gasteiger partial charge in [-0.05, 0) is 25.5 Å². The number of amides is 2. The van der Waals surface area contributed by atoms with Gasteiger partial charge >= 0.3 is 5.97 Å². The van der Waals surface area contributed by atoms with E-state index >= 15 is 0 Å². The molecule has 0 fully saturated rings. The first-order valence-electron chi connectivity index (χ1n) is 5.24. The van der Waals surface area contributed by atoms with Gasteiger partial charge in [0.15, 0.2) is 0 Å². The summed E-state index contributed by atoms with van der Waals surface area (Å²) in [5.74, 6) is -1.99.